The molecule has 0 unspecified atom stereocenters. The molecule has 10 heavy (non-hydrogen) atoms. The fourth-order valence-electron chi connectivity index (χ4n) is 0.417. The second-order valence-corrected chi connectivity index (χ2v) is 1.81. The van der Waals surface area contributed by atoms with Gasteiger partial charge in [0.05, 0.1) is 13.3 Å². The molecule has 0 aliphatic rings. The van der Waals surface area contributed by atoms with Crippen molar-refractivity contribution in [2.45, 2.75) is 12.5 Å². The molecule has 5 N–H and O–H groups in total. The van der Waals surface area contributed by atoms with Crippen molar-refractivity contribution in [3.63, 3.8) is 0 Å². The van der Waals surface area contributed by atoms with Crippen LogP contribution in [-0.4, -0.2) is 30.5 Å². The van der Waals surface area contributed by atoms with Gasteiger partial charge in [-0.05, 0) is 6.42 Å². The molecule has 0 bridgehead atoms. The van der Waals surface area contributed by atoms with E-state index in [-0.39, 0.29) is 6.73 Å². The largest absolute Gasteiger partial charge is 0.480 e. The standard InChI is InChI=1S/C5H12N2O3/c6-3-10-2-1-4(7)5(8)9/h4H,1-3,6-7H2,(H,8,9)/t4-/m0/s1. The summed E-state index contributed by atoms with van der Waals surface area (Å²) < 4.78 is 4.69. The predicted molar refractivity (Wildman–Crippen MR) is 35.2 cm³/mol. The second-order valence-electron chi connectivity index (χ2n) is 1.81. The number of carboxylic acid groups (broad SMARTS) is 1. The van der Waals surface area contributed by atoms with Crippen LogP contribution in [0.4, 0.5) is 0 Å². The van der Waals surface area contributed by atoms with Crippen molar-refractivity contribution in [3.05, 3.63) is 0 Å². The lowest BCUT2D eigenvalue weighted by Crippen LogP contribution is -2.31. The number of hydrogen-bond acceptors (Lipinski definition) is 4. The van der Waals surface area contributed by atoms with Gasteiger partial charge in [0, 0.05) is 0 Å². The van der Waals surface area contributed by atoms with Crippen LogP contribution in [0.25, 0.3) is 0 Å². The summed E-state index contributed by atoms with van der Waals surface area (Å²) in [7, 11) is 0. The average Bonchev–Trinajstić information content (AvgIpc) is 1.88. The maximum absolute atomic E-state index is 10.1. The molecule has 0 aromatic rings. The fraction of sp³-hybridized carbons (Fsp3) is 0.800. The first-order valence-corrected chi connectivity index (χ1v) is 2.94. The van der Waals surface area contributed by atoms with Crippen LogP contribution in [0.15, 0.2) is 0 Å². The van der Waals surface area contributed by atoms with Gasteiger partial charge in [0.25, 0.3) is 0 Å². The van der Waals surface area contributed by atoms with Gasteiger partial charge in [0.2, 0.25) is 0 Å². The Morgan fingerprint density at radius 1 is 1.70 bits per heavy atom. The van der Waals surface area contributed by atoms with Crippen LogP contribution in [0.3, 0.4) is 0 Å². The van der Waals surface area contributed by atoms with Crippen molar-refractivity contribution in [2.75, 3.05) is 13.3 Å². The summed E-state index contributed by atoms with van der Waals surface area (Å²) in [5.74, 6) is -1.01. The lowest BCUT2D eigenvalue weighted by molar-refractivity contribution is -0.139. The first-order valence-electron chi connectivity index (χ1n) is 2.94. The van der Waals surface area contributed by atoms with E-state index in [2.05, 4.69) is 4.74 Å². The van der Waals surface area contributed by atoms with E-state index in [0.29, 0.717) is 13.0 Å². The van der Waals surface area contributed by atoms with E-state index in [1.807, 2.05) is 0 Å². The van der Waals surface area contributed by atoms with Crippen LogP contribution in [-0.2, 0) is 9.53 Å². The Morgan fingerprint density at radius 2 is 2.30 bits per heavy atom. The van der Waals surface area contributed by atoms with Gasteiger partial charge in [-0.15, -0.1) is 0 Å². The van der Waals surface area contributed by atoms with Gasteiger partial charge in [0.1, 0.15) is 6.04 Å². The van der Waals surface area contributed by atoms with Crippen molar-refractivity contribution >= 4 is 5.97 Å². The van der Waals surface area contributed by atoms with E-state index >= 15 is 0 Å². The Hall–Kier alpha value is -0.650. The van der Waals surface area contributed by atoms with Crippen LogP contribution >= 0.6 is 0 Å². The Bertz CT molecular complexity index is 107. The lowest BCUT2D eigenvalue weighted by Gasteiger charge is -2.04. The van der Waals surface area contributed by atoms with E-state index in [9.17, 15) is 4.79 Å². The number of carbonyl (C=O) groups is 1. The molecule has 0 rings (SSSR count). The SMILES string of the molecule is NCOCC[C@H](N)C(=O)O. The summed E-state index contributed by atoms with van der Waals surface area (Å²) in [6.07, 6.45) is 0.298. The van der Waals surface area contributed by atoms with Crippen molar-refractivity contribution in [1.29, 1.82) is 0 Å². The van der Waals surface area contributed by atoms with Crippen molar-refractivity contribution in [2.24, 2.45) is 11.5 Å². The van der Waals surface area contributed by atoms with E-state index in [1.165, 1.54) is 0 Å². The molecule has 0 saturated carbocycles. The van der Waals surface area contributed by atoms with E-state index < -0.39 is 12.0 Å². The highest BCUT2D eigenvalue weighted by molar-refractivity contribution is 5.72. The van der Waals surface area contributed by atoms with Crippen LogP contribution in [0, 0.1) is 0 Å². The minimum atomic E-state index is -1.01. The maximum Gasteiger partial charge on any atom is 0.320 e. The van der Waals surface area contributed by atoms with Crippen molar-refractivity contribution < 1.29 is 14.6 Å². The van der Waals surface area contributed by atoms with Gasteiger partial charge >= 0.3 is 5.97 Å². The van der Waals surface area contributed by atoms with Crippen LogP contribution in [0.1, 0.15) is 6.42 Å². The number of carboxylic acids is 1. The van der Waals surface area contributed by atoms with Crippen LogP contribution in [0.5, 0.6) is 0 Å². The number of nitrogens with two attached hydrogens (primary N) is 2. The Kier molecular flexibility index (Phi) is 4.82. The van der Waals surface area contributed by atoms with Gasteiger partial charge in [-0.3, -0.25) is 4.79 Å². The quantitative estimate of drug-likeness (QED) is 0.333. The molecule has 60 valence electrons. The zero-order valence-corrected chi connectivity index (χ0v) is 5.62. The molecule has 0 fully saturated rings. The molecule has 0 spiro atoms. The molecule has 0 radical (unpaired) electrons. The summed E-state index contributed by atoms with van der Waals surface area (Å²) in [5, 5.41) is 8.27. The molecule has 0 aliphatic carbocycles. The third-order valence-electron chi connectivity index (χ3n) is 1.01. The molecule has 5 nitrogen and oxygen atoms in total. The normalized spacial score (nSPS) is 13.0. The number of rotatable bonds is 5. The molecular weight excluding hydrogens is 136 g/mol. The topological polar surface area (TPSA) is 98.6 Å². The predicted octanol–water partition coefficient (Wildman–Crippen LogP) is -1.28. The molecule has 1 atom stereocenters. The average molecular weight is 148 g/mol. The van der Waals surface area contributed by atoms with Gasteiger partial charge in [-0.2, -0.15) is 0 Å². The summed E-state index contributed by atoms with van der Waals surface area (Å²) in [6, 6.07) is -0.841. The summed E-state index contributed by atoms with van der Waals surface area (Å²) in [5.41, 5.74) is 10.1. The number of hydrogen-bond donors (Lipinski definition) is 3. The molecule has 0 saturated heterocycles. The fourth-order valence-corrected chi connectivity index (χ4v) is 0.417. The smallest absolute Gasteiger partial charge is 0.320 e. The van der Waals surface area contributed by atoms with Crippen LogP contribution < -0.4 is 11.5 Å². The highest BCUT2D eigenvalue weighted by Gasteiger charge is 2.09. The zero-order valence-electron chi connectivity index (χ0n) is 5.62. The molecular formula is C5H12N2O3. The number of ether oxygens (including phenoxy) is 1. The second kappa shape index (κ2) is 5.16. The Morgan fingerprint density at radius 3 is 2.70 bits per heavy atom. The summed E-state index contributed by atoms with van der Waals surface area (Å²) in [6.45, 7) is 0.399. The molecule has 0 amide bonds. The molecule has 0 aliphatic heterocycles. The highest BCUT2D eigenvalue weighted by atomic mass is 16.5. The van der Waals surface area contributed by atoms with Crippen LogP contribution in [0.2, 0.25) is 0 Å². The number of aliphatic carboxylic acids is 1. The third kappa shape index (κ3) is 4.25. The zero-order chi connectivity index (χ0) is 7.98. The minimum Gasteiger partial charge on any atom is -0.480 e. The maximum atomic E-state index is 10.1. The van der Waals surface area contributed by atoms with Gasteiger partial charge in [-0.1, -0.05) is 0 Å². The van der Waals surface area contributed by atoms with Crippen molar-refractivity contribution in [3.8, 4) is 0 Å². The molecule has 0 heterocycles. The molecule has 0 aromatic carbocycles. The van der Waals surface area contributed by atoms with Gasteiger partial charge in [0.15, 0.2) is 0 Å². The van der Waals surface area contributed by atoms with E-state index in [0.717, 1.165) is 0 Å². The van der Waals surface area contributed by atoms with Gasteiger partial charge < -0.3 is 21.3 Å². The summed E-state index contributed by atoms with van der Waals surface area (Å²) >= 11 is 0. The monoisotopic (exact) mass is 148 g/mol. The minimum absolute atomic E-state index is 0.104. The molecule has 0 aromatic heterocycles. The molecule has 5 heteroatoms. The van der Waals surface area contributed by atoms with Gasteiger partial charge in [-0.25, -0.2) is 0 Å². The summed E-state index contributed by atoms with van der Waals surface area (Å²) in [4.78, 5) is 10.1. The van der Waals surface area contributed by atoms with E-state index in [1.54, 1.807) is 0 Å². The lowest BCUT2D eigenvalue weighted by atomic mass is 10.2. The third-order valence-corrected chi connectivity index (χ3v) is 1.01. The highest BCUT2D eigenvalue weighted by Crippen LogP contribution is 1.87. The first kappa shape index (κ1) is 9.35. The Labute approximate surface area is 58.9 Å². The van der Waals surface area contributed by atoms with Crippen molar-refractivity contribution in [1.82, 2.24) is 0 Å². The van der Waals surface area contributed by atoms with E-state index in [4.69, 9.17) is 16.6 Å². The first-order chi connectivity index (χ1) is 4.68. The Balaban J connectivity index is 3.21.